The third-order valence-electron chi connectivity index (χ3n) is 4.74. The molecular weight excluding hydrogens is 300 g/mol. The van der Waals surface area contributed by atoms with Gasteiger partial charge in [0.2, 0.25) is 5.91 Å². The fourth-order valence-electron chi connectivity index (χ4n) is 3.35. The largest absolute Gasteiger partial charge is 0.354 e. The van der Waals surface area contributed by atoms with Crippen molar-refractivity contribution in [3.8, 4) is 11.4 Å². The van der Waals surface area contributed by atoms with Crippen LogP contribution in [0.4, 0.5) is 0 Å². The lowest BCUT2D eigenvalue weighted by Crippen LogP contribution is -2.27. The Hall–Kier alpha value is -2.17. The molecule has 0 aliphatic heterocycles. The fourth-order valence-corrected chi connectivity index (χ4v) is 3.35. The van der Waals surface area contributed by atoms with E-state index < -0.39 is 0 Å². The second-order valence-electron chi connectivity index (χ2n) is 6.57. The summed E-state index contributed by atoms with van der Waals surface area (Å²) in [5.74, 6) is 0.925. The van der Waals surface area contributed by atoms with Gasteiger partial charge in [0.25, 0.3) is 0 Å². The standard InChI is InChI=1S/C19H26N4O/c24-19(10-9-16-6-2-1-3-7-16)21-13-15-23-14-11-18(22-23)17-8-4-5-12-20-17/h4-5,8,11-12,14,16H,1-3,6-7,9-10,13,15H2,(H,21,24). The summed E-state index contributed by atoms with van der Waals surface area (Å²) >= 11 is 0. The molecule has 5 nitrogen and oxygen atoms in total. The zero-order valence-electron chi connectivity index (χ0n) is 14.2. The minimum Gasteiger partial charge on any atom is -0.354 e. The highest BCUT2D eigenvalue weighted by Crippen LogP contribution is 2.27. The lowest BCUT2D eigenvalue weighted by Gasteiger charge is -2.20. The maximum Gasteiger partial charge on any atom is 0.220 e. The Morgan fingerprint density at radius 1 is 1.17 bits per heavy atom. The number of carbonyl (C=O) groups is 1. The molecule has 1 aliphatic rings. The summed E-state index contributed by atoms with van der Waals surface area (Å²) in [5, 5.41) is 7.50. The minimum absolute atomic E-state index is 0.165. The molecule has 0 unspecified atom stereocenters. The molecule has 1 saturated carbocycles. The molecule has 2 aromatic rings. The average Bonchev–Trinajstić information content (AvgIpc) is 3.11. The molecular formula is C19H26N4O. The van der Waals surface area contributed by atoms with E-state index in [1.165, 1.54) is 32.1 Å². The van der Waals surface area contributed by atoms with Crippen LogP contribution < -0.4 is 5.32 Å². The lowest BCUT2D eigenvalue weighted by atomic mass is 9.86. The molecule has 1 fully saturated rings. The van der Waals surface area contributed by atoms with E-state index >= 15 is 0 Å². The first kappa shape index (κ1) is 16.7. The highest BCUT2D eigenvalue weighted by Gasteiger charge is 2.14. The van der Waals surface area contributed by atoms with Crippen LogP contribution in [0, 0.1) is 5.92 Å². The van der Waals surface area contributed by atoms with Gasteiger partial charge in [0, 0.05) is 25.4 Å². The van der Waals surface area contributed by atoms with Crippen LogP contribution in [0.3, 0.4) is 0 Å². The van der Waals surface area contributed by atoms with E-state index in [4.69, 9.17) is 0 Å². The van der Waals surface area contributed by atoms with Gasteiger partial charge in [-0.2, -0.15) is 5.10 Å². The quantitative estimate of drug-likeness (QED) is 0.848. The van der Waals surface area contributed by atoms with E-state index in [1.54, 1.807) is 6.20 Å². The number of pyridine rings is 1. The van der Waals surface area contributed by atoms with Gasteiger partial charge < -0.3 is 5.32 Å². The summed E-state index contributed by atoms with van der Waals surface area (Å²) in [5.41, 5.74) is 1.73. The highest BCUT2D eigenvalue weighted by molar-refractivity contribution is 5.75. The van der Waals surface area contributed by atoms with Crippen LogP contribution in [0.15, 0.2) is 36.7 Å². The van der Waals surface area contributed by atoms with Crippen molar-refractivity contribution < 1.29 is 4.79 Å². The molecule has 5 heteroatoms. The van der Waals surface area contributed by atoms with Crippen LogP contribution in [0.5, 0.6) is 0 Å². The molecule has 0 bridgehead atoms. The van der Waals surface area contributed by atoms with Crippen molar-refractivity contribution in [1.29, 1.82) is 0 Å². The lowest BCUT2D eigenvalue weighted by molar-refractivity contribution is -0.121. The zero-order valence-corrected chi connectivity index (χ0v) is 14.2. The van der Waals surface area contributed by atoms with Crippen LogP contribution in [-0.4, -0.2) is 27.2 Å². The number of aromatic nitrogens is 3. The molecule has 0 atom stereocenters. The topological polar surface area (TPSA) is 59.8 Å². The average molecular weight is 326 g/mol. The van der Waals surface area contributed by atoms with Crippen molar-refractivity contribution in [2.45, 2.75) is 51.5 Å². The monoisotopic (exact) mass is 326 g/mol. The Bertz CT molecular complexity index is 632. The summed E-state index contributed by atoms with van der Waals surface area (Å²) in [6.45, 7) is 1.30. The summed E-state index contributed by atoms with van der Waals surface area (Å²) in [7, 11) is 0. The van der Waals surface area contributed by atoms with Gasteiger partial charge in [0.1, 0.15) is 5.69 Å². The number of nitrogens with one attached hydrogen (secondary N) is 1. The Labute approximate surface area is 143 Å². The second kappa shape index (κ2) is 8.62. The molecule has 1 aliphatic carbocycles. The van der Waals surface area contributed by atoms with Gasteiger partial charge >= 0.3 is 0 Å². The van der Waals surface area contributed by atoms with E-state index in [0.29, 0.717) is 19.5 Å². The maximum absolute atomic E-state index is 12.0. The minimum atomic E-state index is 0.165. The first-order chi connectivity index (χ1) is 11.8. The van der Waals surface area contributed by atoms with E-state index in [-0.39, 0.29) is 5.91 Å². The van der Waals surface area contributed by atoms with Gasteiger partial charge in [0.05, 0.1) is 12.2 Å². The number of nitrogens with zero attached hydrogens (tertiary/aromatic N) is 3. The Kier molecular flexibility index (Phi) is 5.99. The smallest absolute Gasteiger partial charge is 0.220 e. The van der Waals surface area contributed by atoms with E-state index in [2.05, 4.69) is 15.4 Å². The highest BCUT2D eigenvalue weighted by atomic mass is 16.1. The molecule has 128 valence electrons. The van der Waals surface area contributed by atoms with Crippen LogP contribution in [0.1, 0.15) is 44.9 Å². The molecule has 2 aromatic heterocycles. The van der Waals surface area contributed by atoms with Crippen molar-refractivity contribution >= 4 is 5.91 Å². The summed E-state index contributed by atoms with van der Waals surface area (Å²) in [6, 6.07) is 7.74. The number of amides is 1. The SMILES string of the molecule is O=C(CCC1CCCCC1)NCCn1ccc(-c2ccccn2)n1. The molecule has 3 rings (SSSR count). The van der Waals surface area contributed by atoms with E-state index in [9.17, 15) is 4.79 Å². The van der Waals surface area contributed by atoms with Gasteiger partial charge in [-0.25, -0.2) is 0 Å². The number of rotatable bonds is 7. The van der Waals surface area contributed by atoms with E-state index in [1.807, 2.05) is 35.1 Å². The predicted octanol–water partition coefficient (Wildman–Crippen LogP) is 3.42. The normalized spacial score (nSPS) is 15.3. The van der Waals surface area contributed by atoms with Gasteiger partial charge in [-0.15, -0.1) is 0 Å². The third kappa shape index (κ3) is 4.91. The maximum atomic E-state index is 12.0. The first-order valence-corrected chi connectivity index (χ1v) is 9.03. The Balaban J connectivity index is 1.37. The zero-order chi connectivity index (χ0) is 16.6. The van der Waals surface area contributed by atoms with Crippen molar-refractivity contribution in [3.05, 3.63) is 36.7 Å². The molecule has 0 saturated heterocycles. The second-order valence-corrected chi connectivity index (χ2v) is 6.57. The predicted molar refractivity (Wildman–Crippen MR) is 94.3 cm³/mol. The van der Waals surface area contributed by atoms with Crippen molar-refractivity contribution in [3.63, 3.8) is 0 Å². The Morgan fingerprint density at radius 2 is 2.04 bits per heavy atom. The summed E-state index contributed by atoms with van der Waals surface area (Å²) in [6.07, 6.45) is 12.0. The molecule has 24 heavy (non-hydrogen) atoms. The fraction of sp³-hybridized carbons (Fsp3) is 0.526. The number of carbonyl (C=O) groups excluding carboxylic acids is 1. The van der Waals surface area contributed by atoms with Crippen LogP contribution in [-0.2, 0) is 11.3 Å². The summed E-state index contributed by atoms with van der Waals surface area (Å²) < 4.78 is 1.85. The van der Waals surface area contributed by atoms with Gasteiger partial charge in [0.15, 0.2) is 0 Å². The summed E-state index contributed by atoms with van der Waals surface area (Å²) in [4.78, 5) is 16.2. The Morgan fingerprint density at radius 3 is 2.83 bits per heavy atom. The van der Waals surface area contributed by atoms with Crippen molar-refractivity contribution in [1.82, 2.24) is 20.1 Å². The van der Waals surface area contributed by atoms with Gasteiger partial charge in [-0.1, -0.05) is 38.2 Å². The van der Waals surface area contributed by atoms with Crippen LogP contribution in [0.25, 0.3) is 11.4 Å². The molecule has 0 spiro atoms. The molecule has 1 N–H and O–H groups in total. The van der Waals surface area contributed by atoms with Crippen molar-refractivity contribution in [2.24, 2.45) is 5.92 Å². The molecule has 0 aromatic carbocycles. The van der Waals surface area contributed by atoms with Crippen molar-refractivity contribution in [2.75, 3.05) is 6.54 Å². The third-order valence-corrected chi connectivity index (χ3v) is 4.74. The molecule has 2 heterocycles. The first-order valence-electron chi connectivity index (χ1n) is 9.03. The van der Waals surface area contributed by atoms with Gasteiger partial charge in [-0.05, 0) is 30.5 Å². The number of hydrogen-bond donors (Lipinski definition) is 1. The van der Waals surface area contributed by atoms with Crippen LogP contribution >= 0.6 is 0 Å². The van der Waals surface area contributed by atoms with Crippen LogP contribution in [0.2, 0.25) is 0 Å². The molecule has 0 radical (unpaired) electrons. The molecule has 1 amide bonds. The number of hydrogen-bond acceptors (Lipinski definition) is 3. The van der Waals surface area contributed by atoms with E-state index in [0.717, 1.165) is 23.7 Å². The van der Waals surface area contributed by atoms with Gasteiger partial charge in [-0.3, -0.25) is 14.5 Å².